The number of likely N-dealkylation sites (tertiary alicyclic amines) is 1. The number of amides is 3. The minimum atomic E-state index is -0.211. The molecule has 2 heterocycles. The molecule has 5 nitrogen and oxygen atoms in total. The zero-order valence-corrected chi connectivity index (χ0v) is 21.2. The summed E-state index contributed by atoms with van der Waals surface area (Å²) in [6, 6.07) is 14.0. The molecule has 0 aromatic heterocycles. The maximum atomic E-state index is 13.4. The van der Waals surface area contributed by atoms with Gasteiger partial charge in [0.25, 0.3) is 5.91 Å². The number of anilines is 1. The molecule has 3 amide bonds. The smallest absolute Gasteiger partial charge is 0.321 e. The molecule has 0 unspecified atom stereocenters. The van der Waals surface area contributed by atoms with E-state index in [-0.39, 0.29) is 22.2 Å². The van der Waals surface area contributed by atoms with Gasteiger partial charge >= 0.3 is 6.03 Å². The molecule has 1 N–H and O–H groups in total. The zero-order valence-electron chi connectivity index (χ0n) is 20.4. The molecule has 0 aliphatic carbocycles. The number of carbonyl (C=O) groups is 2. The van der Waals surface area contributed by atoms with Crippen LogP contribution in [-0.2, 0) is 5.41 Å². The van der Waals surface area contributed by atoms with Crippen LogP contribution in [0.15, 0.2) is 42.5 Å². The molecule has 2 saturated heterocycles. The molecule has 2 aromatic carbocycles. The van der Waals surface area contributed by atoms with Gasteiger partial charge in [-0.3, -0.25) is 4.79 Å². The molecular formula is C27H35N3O2S. The van der Waals surface area contributed by atoms with Crippen LogP contribution in [0.2, 0.25) is 0 Å². The van der Waals surface area contributed by atoms with Gasteiger partial charge in [-0.2, -0.15) is 0 Å². The van der Waals surface area contributed by atoms with E-state index in [4.69, 9.17) is 0 Å². The minimum Gasteiger partial charge on any atom is -0.324 e. The predicted molar refractivity (Wildman–Crippen MR) is 137 cm³/mol. The van der Waals surface area contributed by atoms with E-state index in [1.165, 1.54) is 11.1 Å². The number of urea groups is 1. The van der Waals surface area contributed by atoms with Crippen LogP contribution in [0.5, 0.6) is 0 Å². The van der Waals surface area contributed by atoms with Crippen LogP contribution in [0.3, 0.4) is 0 Å². The molecule has 6 heteroatoms. The number of thioether (sulfide) groups is 1. The molecule has 2 fully saturated rings. The number of aryl methyl sites for hydroxylation is 2. The van der Waals surface area contributed by atoms with Gasteiger partial charge in [0.15, 0.2) is 0 Å². The maximum absolute atomic E-state index is 13.4. The number of hydrogen-bond acceptors (Lipinski definition) is 3. The van der Waals surface area contributed by atoms with Gasteiger partial charge in [0, 0.05) is 36.6 Å². The topological polar surface area (TPSA) is 52.7 Å². The molecule has 176 valence electrons. The van der Waals surface area contributed by atoms with Crippen molar-refractivity contribution in [3.8, 4) is 0 Å². The number of nitrogens with zero attached hydrogens (tertiary/aromatic N) is 2. The van der Waals surface area contributed by atoms with E-state index in [2.05, 4.69) is 57.0 Å². The average Bonchev–Trinajstić information content (AvgIpc) is 3.18. The Hall–Kier alpha value is -2.47. The van der Waals surface area contributed by atoms with E-state index in [0.717, 1.165) is 42.0 Å². The Morgan fingerprint density at radius 1 is 0.939 bits per heavy atom. The van der Waals surface area contributed by atoms with Crippen LogP contribution < -0.4 is 5.32 Å². The van der Waals surface area contributed by atoms with E-state index in [0.29, 0.717) is 13.1 Å². The van der Waals surface area contributed by atoms with Crippen LogP contribution in [0.4, 0.5) is 10.5 Å². The monoisotopic (exact) mass is 465 g/mol. The number of rotatable bonds is 2. The van der Waals surface area contributed by atoms with Crippen LogP contribution in [0, 0.1) is 13.8 Å². The number of carbonyl (C=O) groups excluding carboxylic acids is 2. The first kappa shape index (κ1) is 23.7. The summed E-state index contributed by atoms with van der Waals surface area (Å²) < 4.78 is 0. The van der Waals surface area contributed by atoms with Crippen molar-refractivity contribution in [2.45, 2.75) is 57.7 Å². The second-order valence-corrected chi connectivity index (χ2v) is 11.8. The van der Waals surface area contributed by atoms with Crippen molar-refractivity contribution >= 4 is 29.4 Å². The molecule has 0 radical (unpaired) electrons. The molecule has 2 aliphatic rings. The lowest BCUT2D eigenvalue weighted by Crippen LogP contribution is -2.54. The first-order chi connectivity index (χ1) is 15.6. The highest BCUT2D eigenvalue weighted by atomic mass is 32.2. The van der Waals surface area contributed by atoms with E-state index >= 15 is 0 Å². The van der Waals surface area contributed by atoms with Crippen molar-refractivity contribution in [2.24, 2.45) is 0 Å². The Balaban J connectivity index is 1.40. The fourth-order valence-corrected chi connectivity index (χ4v) is 6.11. The Bertz CT molecular complexity index is 1030. The SMILES string of the molecule is Cc1ccc(NC(=O)N2CCC3(CC2)SCCN3C(=O)c2ccc(C(C)(C)C)cc2)cc1C. The largest absolute Gasteiger partial charge is 0.324 e. The molecule has 4 rings (SSSR count). The Morgan fingerprint density at radius 3 is 2.21 bits per heavy atom. The highest BCUT2D eigenvalue weighted by molar-refractivity contribution is 8.00. The third-order valence-electron chi connectivity index (χ3n) is 7.01. The van der Waals surface area contributed by atoms with Crippen molar-refractivity contribution < 1.29 is 9.59 Å². The quantitative estimate of drug-likeness (QED) is 0.609. The van der Waals surface area contributed by atoms with Gasteiger partial charge in [-0.05, 0) is 73.1 Å². The molecule has 2 aliphatic heterocycles. The molecule has 33 heavy (non-hydrogen) atoms. The van der Waals surface area contributed by atoms with E-state index < -0.39 is 0 Å². The number of piperidine rings is 1. The summed E-state index contributed by atoms with van der Waals surface area (Å²) in [7, 11) is 0. The van der Waals surface area contributed by atoms with Crippen LogP contribution in [0.1, 0.15) is 60.7 Å². The van der Waals surface area contributed by atoms with Gasteiger partial charge < -0.3 is 15.1 Å². The predicted octanol–water partition coefficient (Wildman–Crippen LogP) is 5.81. The Labute approximate surface area is 201 Å². The van der Waals surface area contributed by atoms with Crippen molar-refractivity contribution in [3.05, 3.63) is 64.7 Å². The third kappa shape index (κ3) is 4.91. The summed E-state index contributed by atoms with van der Waals surface area (Å²) in [4.78, 5) is 30.0. The standard InChI is InChI=1S/C27H35N3O2S/c1-19-6-11-23(18-20(19)2)28-25(32)29-14-12-27(13-15-29)30(16-17-33-27)24(31)21-7-9-22(10-8-21)26(3,4)5/h6-11,18H,12-17H2,1-5H3,(H,28,32). The molecule has 0 saturated carbocycles. The van der Waals surface area contributed by atoms with Crippen molar-refractivity contribution in [2.75, 3.05) is 30.7 Å². The fraction of sp³-hybridized carbons (Fsp3) is 0.481. The summed E-state index contributed by atoms with van der Waals surface area (Å²) in [6.45, 7) is 12.7. The van der Waals surface area contributed by atoms with Gasteiger partial charge in [-0.15, -0.1) is 11.8 Å². The lowest BCUT2D eigenvalue weighted by molar-refractivity contribution is 0.0585. The number of nitrogens with one attached hydrogen (secondary N) is 1. The first-order valence-electron chi connectivity index (χ1n) is 11.8. The molecule has 2 aromatic rings. The van der Waals surface area contributed by atoms with Crippen LogP contribution in [-0.4, -0.2) is 52.0 Å². The molecule has 1 spiro atoms. The van der Waals surface area contributed by atoms with Crippen molar-refractivity contribution in [1.82, 2.24) is 9.80 Å². The zero-order chi connectivity index (χ0) is 23.8. The number of benzene rings is 2. The van der Waals surface area contributed by atoms with Gasteiger partial charge in [-0.25, -0.2) is 4.79 Å². The van der Waals surface area contributed by atoms with E-state index in [9.17, 15) is 9.59 Å². The summed E-state index contributed by atoms with van der Waals surface area (Å²) in [6.07, 6.45) is 1.59. The van der Waals surface area contributed by atoms with E-state index in [1.54, 1.807) is 0 Å². The second-order valence-electron chi connectivity index (χ2n) is 10.3. The molecule has 0 atom stereocenters. The average molecular weight is 466 g/mol. The fourth-order valence-electron chi connectivity index (χ4n) is 4.66. The van der Waals surface area contributed by atoms with E-state index in [1.807, 2.05) is 47.0 Å². The summed E-state index contributed by atoms with van der Waals surface area (Å²) in [5.74, 6) is 1.05. The van der Waals surface area contributed by atoms with Gasteiger partial charge in [-0.1, -0.05) is 39.0 Å². The minimum absolute atomic E-state index is 0.0632. The maximum Gasteiger partial charge on any atom is 0.321 e. The first-order valence-corrected chi connectivity index (χ1v) is 12.8. The summed E-state index contributed by atoms with van der Waals surface area (Å²) in [5.41, 5.74) is 5.25. The van der Waals surface area contributed by atoms with Crippen LogP contribution >= 0.6 is 11.8 Å². The molecular weight excluding hydrogens is 430 g/mol. The highest BCUT2D eigenvalue weighted by Crippen LogP contribution is 2.44. The summed E-state index contributed by atoms with van der Waals surface area (Å²) >= 11 is 1.87. The highest BCUT2D eigenvalue weighted by Gasteiger charge is 2.47. The van der Waals surface area contributed by atoms with Gasteiger partial charge in [0.2, 0.25) is 0 Å². The van der Waals surface area contributed by atoms with Gasteiger partial charge in [0.05, 0.1) is 4.87 Å². The van der Waals surface area contributed by atoms with Gasteiger partial charge in [0.1, 0.15) is 0 Å². The van der Waals surface area contributed by atoms with Crippen LogP contribution in [0.25, 0.3) is 0 Å². The Morgan fingerprint density at radius 2 is 1.61 bits per heavy atom. The lowest BCUT2D eigenvalue weighted by Gasteiger charge is -2.44. The second kappa shape index (κ2) is 9.05. The lowest BCUT2D eigenvalue weighted by atomic mass is 9.86. The molecule has 0 bridgehead atoms. The normalized spacial score (nSPS) is 18.0. The third-order valence-corrected chi connectivity index (χ3v) is 8.56. The van der Waals surface area contributed by atoms with Crippen molar-refractivity contribution in [1.29, 1.82) is 0 Å². The Kier molecular flexibility index (Phi) is 6.50. The van der Waals surface area contributed by atoms with Crippen molar-refractivity contribution in [3.63, 3.8) is 0 Å². The summed E-state index contributed by atoms with van der Waals surface area (Å²) in [5, 5.41) is 3.04. The number of hydrogen-bond donors (Lipinski definition) is 1.